The van der Waals surface area contributed by atoms with Gasteiger partial charge in [-0.3, -0.25) is 0 Å². The summed E-state index contributed by atoms with van der Waals surface area (Å²) in [5.74, 6) is 1.29. The highest BCUT2D eigenvalue weighted by molar-refractivity contribution is 5.50. The van der Waals surface area contributed by atoms with Crippen LogP contribution in [-0.4, -0.2) is 26.4 Å². The number of rotatable bonds is 4. The summed E-state index contributed by atoms with van der Waals surface area (Å²) in [6.45, 7) is -1.40. The van der Waals surface area contributed by atoms with Crippen LogP contribution in [0.2, 0.25) is 0 Å². The van der Waals surface area contributed by atoms with Crippen molar-refractivity contribution in [1.82, 2.24) is 0 Å². The molecular formula is C10H14O4. The Morgan fingerprint density at radius 1 is 1.14 bits per heavy atom. The lowest BCUT2D eigenvalue weighted by atomic mass is 10.1. The number of benzene rings is 1. The first kappa shape index (κ1) is 9.15. The average molecular weight is 199 g/mol. The SMILES string of the molecule is [2H]C(O)c1c(OC)cc(OC)cc1OC. The Balaban J connectivity index is 3.32. The van der Waals surface area contributed by atoms with Crippen molar-refractivity contribution in [1.29, 1.82) is 0 Å². The zero-order chi connectivity index (χ0) is 11.4. The summed E-state index contributed by atoms with van der Waals surface area (Å²) >= 11 is 0. The van der Waals surface area contributed by atoms with Crippen LogP contribution in [0.15, 0.2) is 12.1 Å². The molecule has 4 nitrogen and oxygen atoms in total. The molecule has 14 heavy (non-hydrogen) atoms. The first-order valence-electron chi connectivity index (χ1n) is 4.62. The van der Waals surface area contributed by atoms with E-state index in [1.54, 1.807) is 12.1 Å². The number of aliphatic hydroxyl groups excluding tert-OH is 1. The summed E-state index contributed by atoms with van der Waals surface area (Å²) in [5, 5.41) is 9.28. The zero-order valence-electron chi connectivity index (χ0n) is 9.40. The van der Waals surface area contributed by atoms with Gasteiger partial charge in [-0.05, 0) is 0 Å². The van der Waals surface area contributed by atoms with Gasteiger partial charge in [-0.15, -0.1) is 0 Å². The largest absolute Gasteiger partial charge is 0.496 e. The van der Waals surface area contributed by atoms with Crippen molar-refractivity contribution in [3.05, 3.63) is 17.7 Å². The predicted molar refractivity (Wildman–Crippen MR) is 52.0 cm³/mol. The highest BCUT2D eigenvalue weighted by Crippen LogP contribution is 2.33. The van der Waals surface area contributed by atoms with Crippen LogP contribution in [-0.2, 0) is 6.58 Å². The van der Waals surface area contributed by atoms with Crippen LogP contribution in [0.5, 0.6) is 17.2 Å². The smallest absolute Gasteiger partial charge is 0.131 e. The topological polar surface area (TPSA) is 47.9 Å². The number of aliphatic hydroxyl groups is 1. The first-order valence-corrected chi connectivity index (χ1v) is 4.04. The van der Waals surface area contributed by atoms with E-state index in [4.69, 9.17) is 15.6 Å². The van der Waals surface area contributed by atoms with E-state index in [1.165, 1.54) is 21.3 Å². The van der Waals surface area contributed by atoms with Gasteiger partial charge in [-0.1, -0.05) is 0 Å². The number of ether oxygens (including phenoxy) is 3. The fourth-order valence-corrected chi connectivity index (χ4v) is 1.16. The van der Waals surface area contributed by atoms with E-state index in [-0.39, 0.29) is 0 Å². The summed E-state index contributed by atoms with van der Waals surface area (Å²) in [4.78, 5) is 0. The number of hydrogen-bond donors (Lipinski definition) is 1. The highest BCUT2D eigenvalue weighted by atomic mass is 16.5. The van der Waals surface area contributed by atoms with Crippen molar-refractivity contribution in [2.45, 2.75) is 6.58 Å². The lowest BCUT2D eigenvalue weighted by Gasteiger charge is -2.12. The average Bonchev–Trinajstić information content (AvgIpc) is 2.26. The molecule has 1 atom stereocenters. The second-order valence-corrected chi connectivity index (χ2v) is 2.57. The van der Waals surface area contributed by atoms with Crippen LogP contribution < -0.4 is 14.2 Å². The molecule has 0 spiro atoms. The normalized spacial score (nSPS) is 13.0. The Kier molecular flexibility index (Phi) is 3.08. The second kappa shape index (κ2) is 4.72. The maximum atomic E-state index is 9.28. The number of hydrogen-bond acceptors (Lipinski definition) is 4. The molecule has 1 unspecified atom stereocenters. The summed E-state index contributed by atoms with van der Waals surface area (Å²) in [7, 11) is 4.44. The van der Waals surface area contributed by atoms with E-state index in [1.807, 2.05) is 0 Å². The van der Waals surface area contributed by atoms with Crippen molar-refractivity contribution in [2.75, 3.05) is 21.3 Å². The summed E-state index contributed by atoms with van der Waals surface area (Å²) in [5.41, 5.74) is 0.292. The Hall–Kier alpha value is -1.42. The third-order valence-electron chi connectivity index (χ3n) is 1.88. The van der Waals surface area contributed by atoms with Gasteiger partial charge in [-0.2, -0.15) is 0 Å². The fourth-order valence-electron chi connectivity index (χ4n) is 1.16. The van der Waals surface area contributed by atoms with Gasteiger partial charge in [0.25, 0.3) is 0 Å². The monoisotopic (exact) mass is 199 g/mol. The quantitative estimate of drug-likeness (QED) is 0.791. The minimum atomic E-state index is -1.40. The van der Waals surface area contributed by atoms with Crippen molar-refractivity contribution in [3.63, 3.8) is 0 Å². The van der Waals surface area contributed by atoms with Gasteiger partial charge in [0, 0.05) is 12.1 Å². The van der Waals surface area contributed by atoms with Crippen molar-refractivity contribution in [3.8, 4) is 17.2 Å². The molecular weight excluding hydrogens is 184 g/mol. The van der Waals surface area contributed by atoms with Crippen LogP contribution in [0, 0.1) is 0 Å². The Bertz CT molecular complexity index is 313. The third kappa shape index (κ3) is 1.90. The van der Waals surface area contributed by atoms with Gasteiger partial charge in [0.2, 0.25) is 0 Å². The van der Waals surface area contributed by atoms with Crippen LogP contribution in [0.25, 0.3) is 0 Å². The molecule has 0 saturated carbocycles. The summed E-state index contributed by atoms with van der Waals surface area (Å²) < 4.78 is 22.4. The van der Waals surface area contributed by atoms with Gasteiger partial charge in [0.1, 0.15) is 17.2 Å². The molecule has 0 fully saturated rings. The molecule has 1 N–H and O–H groups in total. The standard InChI is InChI=1S/C10H14O4/c1-12-7-4-9(13-2)8(6-11)10(5-7)14-3/h4-5,11H,6H2,1-3H3/i6D. The minimum absolute atomic E-state index is 0.292. The van der Waals surface area contributed by atoms with Crippen LogP contribution in [0.1, 0.15) is 6.93 Å². The molecule has 0 aromatic heterocycles. The first-order chi connectivity index (χ1) is 7.13. The lowest BCUT2D eigenvalue weighted by molar-refractivity contribution is 0.264. The van der Waals surface area contributed by atoms with Crippen LogP contribution in [0.4, 0.5) is 0 Å². The molecule has 0 saturated heterocycles. The van der Waals surface area contributed by atoms with Crippen LogP contribution >= 0.6 is 0 Å². The van der Waals surface area contributed by atoms with E-state index in [0.29, 0.717) is 22.8 Å². The van der Waals surface area contributed by atoms with Crippen molar-refractivity contribution >= 4 is 0 Å². The van der Waals surface area contributed by atoms with E-state index in [2.05, 4.69) is 0 Å². The van der Waals surface area contributed by atoms with E-state index < -0.39 is 6.58 Å². The van der Waals surface area contributed by atoms with Gasteiger partial charge in [0.15, 0.2) is 0 Å². The molecule has 0 amide bonds. The Morgan fingerprint density at radius 3 is 1.93 bits per heavy atom. The van der Waals surface area contributed by atoms with Crippen LogP contribution in [0.3, 0.4) is 0 Å². The van der Waals surface area contributed by atoms with Crippen molar-refractivity contribution < 1.29 is 20.7 Å². The molecule has 0 heterocycles. The Labute approximate surface area is 84.4 Å². The predicted octanol–water partition coefficient (Wildman–Crippen LogP) is 1.20. The molecule has 0 bridgehead atoms. The molecule has 0 aliphatic carbocycles. The maximum absolute atomic E-state index is 9.28. The van der Waals surface area contributed by atoms with E-state index in [9.17, 15) is 5.11 Å². The van der Waals surface area contributed by atoms with Gasteiger partial charge in [-0.25, -0.2) is 0 Å². The van der Waals surface area contributed by atoms with Gasteiger partial charge in [0.05, 0.1) is 34.8 Å². The number of methoxy groups -OCH3 is 3. The van der Waals surface area contributed by atoms with Gasteiger partial charge < -0.3 is 19.3 Å². The summed E-state index contributed by atoms with van der Waals surface area (Å²) in [6, 6.07) is 3.19. The maximum Gasteiger partial charge on any atom is 0.131 e. The summed E-state index contributed by atoms with van der Waals surface area (Å²) in [6.07, 6.45) is 0. The fraction of sp³-hybridized carbons (Fsp3) is 0.400. The van der Waals surface area contributed by atoms with Crippen molar-refractivity contribution in [2.24, 2.45) is 0 Å². The highest BCUT2D eigenvalue weighted by Gasteiger charge is 2.11. The van der Waals surface area contributed by atoms with E-state index >= 15 is 0 Å². The lowest BCUT2D eigenvalue weighted by Crippen LogP contribution is -1.97. The molecule has 0 radical (unpaired) electrons. The molecule has 1 aromatic carbocycles. The molecule has 0 aliphatic rings. The molecule has 0 aliphatic heterocycles. The zero-order valence-corrected chi connectivity index (χ0v) is 8.40. The third-order valence-corrected chi connectivity index (χ3v) is 1.88. The van der Waals surface area contributed by atoms with E-state index in [0.717, 1.165) is 0 Å². The molecule has 1 rings (SSSR count). The molecule has 78 valence electrons. The van der Waals surface area contributed by atoms with Gasteiger partial charge >= 0.3 is 0 Å². The molecule has 4 heteroatoms. The second-order valence-electron chi connectivity index (χ2n) is 2.57. The molecule has 1 aromatic rings. The minimum Gasteiger partial charge on any atom is -0.496 e. The Morgan fingerprint density at radius 2 is 1.64 bits per heavy atom.